The summed E-state index contributed by atoms with van der Waals surface area (Å²) < 4.78 is 14.8. The maximum atomic E-state index is 13.3. The van der Waals surface area contributed by atoms with Crippen molar-refractivity contribution in [2.75, 3.05) is 0 Å². The molecular weight excluding hydrogens is 339 g/mol. The fourth-order valence-electron chi connectivity index (χ4n) is 2.75. The minimum atomic E-state index is -0.338. The zero-order chi connectivity index (χ0) is 17.4. The molecule has 0 amide bonds. The van der Waals surface area contributed by atoms with Gasteiger partial charge < -0.3 is 0 Å². The zero-order valence-electron chi connectivity index (χ0n) is 13.0. The Morgan fingerprint density at radius 3 is 2.32 bits per heavy atom. The van der Waals surface area contributed by atoms with Gasteiger partial charge in [-0.05, 0) is 60.7 Å². The number of carbonyl (C=O) groups is 1. The average Bonchev–Trinajstić information content (AvgIpc) is 3.02. The smallest absolute Gasteiger partial charge is 0.264 e. The van der Waals surface area contributed by atoms with Crippen LogP contribution >= 0.6 is 11.6 Å². The van der Waals surface area contributed by atoms with Gasteiger partial charge in [-0.15, -0.1) is 0 Å². The van der Waals surface area contributed by atoms with Gasteiger partial charge >= 0.3 is 0 Å². The van der Waals surface area contributed by atoms with Crippen LogP contribution in [0.5, 0.6) is 0 Å². The number of nitrogens with zero attached hydrogens (tertiary/aromatic N) is 2. The number of fused-ring (bicyclic) bond motifs is 1. The summed E-state index contributed by atoms with van der Waals surface area (Å²) in [5.41, 5.74) is 2.56. The number of halogens is 2. The summed E-state index contributed by atoms with van der Waals surface area (Å²) in [5, 5.41) is 0.561. The van der Waals surface area contributed by atoms with Gasteiger partial charge in [-0.2, -0.15) is 0 Å². The van der Waals surface area contributed by atoms with E-state index >= 15 is 0 Å². The molecule has 0 saturated heterocycles. The quantitative estimate of drug-likeness (QED) is 0.499. The van der Waals surface area contributed by atoms with E-state index < -0.39 is 0 Å². The largest absolute Gasteiger partial charge is 0.268 e. The van der Waals surface area contributed by atoms with E-state index in [2.05, 4.69) is 4.98 Å². The topological polar surface area (TPSA) is 34.9 Å². The molecule has 0 radical (unpaired) electrons. The lowest BCUT2D eigenvalue weighted by Crippen LogP contribution is -2.13. The minimum Gasteiger partial charge on any atom is -0.268 e. The van der Waals surface area contributed by atoms with E-state index in [9.17, 15) is 9.18 Å². The van der Waals surface area contributed by atoms with Crippen molar-refractivity contribution in [2.24, 2.45) is 0 Å². The van der Waals surface area contributed by atoms with E-state index in [1.807, 2.05) is 24.3 Å². The first-order valence-electron chi connectivity index (χ1n) is 7.67. The van der Waals surface area contributed by atoms with Gasteiger partial charge in [0.25, 0.3) is 5.91 Å². The van der Waals surface area contributed by atoms with Crippen LogP contribution in [0, 0.1) is 5.82 Å². The van der Waals surface area contributed by atoms with Gasteiger partial charge in [0.05, 0.1) is 11.0 Å². The highest BCUT2D eigenvalue weighted by molar-refractivity contribution is 6.30. The van der Waals surface area contributed by atoms with Crippen LogP contribution in [0.15, 0.2) is 72.8 Å². The van der Waals surface area contributed by atoms with Crippen molar-refractivity contribution in [3.05, 3.63) is 89.2 Å². The molecule has 1 heterocycles. The molecule has 0 aliphatic carbocycles. The maximum Gasteiger partial charge on any atom is 0.264 e. The summed E-state index contributed by atoms with van der Waals surface area (Å²) in [6.45, 7) is 0. The Bertz CT molecular complexity index is 1070. The number of hydrogen-bond donors (Lipinski definition) is 0. The predicted molar refractivity (Wildman–Crippen MR) is 96.3 cm³/mol. The van der Waals surface area contributed by atoms with E-state index in [0.29, 0.717) is 33.0 Å². The van der Waals surface area contributed by atoms with Crippen molar-refractivity contribution in [1.29, 1.82) is 0 Å². The van der Waals surface area contributed by atoms with Crippen molar-refractivity contribution >= 4 is 28.5 Å². The van der Waals surface area contributed by atoms with Crippen LogP contribution in [0.2, 0.25) is 5.02 Å². The van der Waals surface area contributed by atoms with Gasteiger partial charge in [0.15, 0.2) is 0 Å². The van der Waals surface area contributed by atoms with Crippen molar-refractivity contribution in [3.8, 4) is 11.4 Å². The molecule has 3 aromatic carbocycles. The van der Waals surface area contributed by atoms with E-state index in [1.165, 1.54) is 12.1 Å². The van der Waals surface area contributed by atoms with Crippen molar-refractivity contribution in [2.45, 2.75) is 0 Å². The summed E-state index contributed by atoms with van der Waals surface area (Å²) in [6, 6.07) is 20.0. The standard InChI is InChI=1S/C20H12ClFN2O/c21-15-9-5-14(6-10-15)20(25)24-18-4-2-1-3-17(18)23-19(24)13-7-11-16(22)12-8-13/h1-12H. The number of para-hydroxylation sites is 2. The van der Waals surface area contributed by atoms with Gasteiger partial charge in [0.2, 0.25) is 0 Å². The summed E-state index contributed by atoms with van der Waals surface area (Å²) >= 11 is 5.91. The molecule has 1 aromatic heterocycles. The highest BCUT2D eigenvalue weighted by Crippen LogP contribution is 2.26. The van der Waals surface area contributed by atoms with E-state index in [-0.39, 0.29) is 11.7 Å². The molecule has 0 fully saturated rings. The molecule has 5 heteroatoms. The molecule has 122 valence electrons. The Morgan fingerprint density at radius 1 is 0.920 bits per heavy atom. The van der Waals surface area contributed by atoms with Gasteiger partial charge in [0, 0.05) is 16.1 Å². The third-order valence-electron chi connectivity index (χ3n) is 3.96. The van der Waals surface area contributed by atoms with E-state index in [1.54, 1.807) is 41.0 Å². The second-order valence-corrected chi connectivity index (χ2v) is 6.01. The molecule has 0 N–H and O–H groups in total. The van der Waals surface area contributed by atoms with Crippen LogP contribution in [-0.4, -0.2) is 15.5 Å². The maximum absolute atomic E-state index is 13.3. The lowest BCUT2D eigenvalue weighted by molar-refractivity contribution is 0.0966. The fourth-order valence-corrected chi connectivity index (χ4v) is 2.87. The van der Waals surface area contributed by atoms with E-state index in [0.717, 1.165) is 0 Å². The van der Waals surface area contributed by atoms with E-state index in [4.69, 9.17) is 11.6 Å². The Morgan fingerprint density at radius 2 is 1.60 bits per heavy atom. The van der Waals surface area contributed by atoms with Gasteiger partial charge in [0.1, 0.15) is 11.6 Å². The summed E-state index contributed by atoms with van der Waals surface area (Å²) in [5.74, 6) is -0.0821. The van der Waals surface area contributed by atoms with Crippen LogP contribution in [-0.2, 0) is 0 Å². The average molecular weight is 351 g/mol. The number of rotatable bonds is 2. The van der Waals surface area contributed by atoms with Crippen LogP contribution in [0.4, 0.5) is 4.39 Å². The van der Waals surface area contributed by atoms with Crippen LogP contribution in [0.3, 0.4) is 0 Å². The summed E-state index contributed by atoms with van der Waals surface area (Å²) in [4.78, 5) is 17.7. The van der Waals surface area contributed by atoms with Gasteiger partial charge in [-0.3, -0.25) is 9.36 Å². The summed E-state index contributed by atoms with van der Waals surface area (Å²) in [7, 11) is 0. The van der Waals surface area contributed by atoms with Crippen molar-refractivity contribution in [3.63, 3.8) is 0 Å². The first-order valence-corrected chi connectivity index (χ1v) is 8.05. The van der Waals surface area contributed by atoms with Gasteiger partial charge in [-0.1, -0.05) is 23.7 Å². The molecule has 0 atom stereocenters. The summed E-state index contributed by atoms with van der Waals surface area (Å²) in [6.07, 6.45) is 0. The highest BCUT2D eigenvalue weighted by Gasteiger charge is 2.19. The third-order valence-corrected chi connectivity index (χ3v) is 4.21. The fraction of sp³-hybridized carbons (Fsp3) is 0. The van der Waals surface area contributed by atoms with Crippen LogP contribution < -0.4 is 0 Å². The molecular formula is C20H12ClFN2O. The molecule has 4 aromatic rings. The highest BCUT2D eigenvalue weighted by atomic mass is 35.5. The monoisotopic (exact) mass is 350 g/mol. The second-order valence-electron chi connectivity index (χ2n) is 5.58. The van der Waals surface area contributed by atoms with Crippen molar-refractivity contribution < 1.29 is 9.18 Å². The number of benzene rings is 3. The molecule has 3 nitrogen and oxygen atoms in total. The number of aromatic nitrogens is 2. The Balaban J connectivity index is 1.94. The van der Waals surface area contributed by atoms with Crippen LogP contribution in [0.1, 0.15) is 10.4 Å². The van der Waals surface area contributed by atoms with Crippen molar-refractivity contribution in [1.82, 2.24) is 9.55 Å². The Labute approximate surface area is 148 Å². The molecule has 0 aliphatic heterocycles. The number of carbonyl (C=O) groups excluding carboxylic acids is 1. The molecule has 0 saturated carbocycles. The minimum absolute atomic E-state index is 0.218. The molecule has 0 bridgehead atoms. The molecule has 0 unspecified atom stereocenters. The molecule has 0 spiro atoms. The normalized spacial score (nSPS) is 11.0. The zero-order valence-corrected chi connectivity index (χ0v) is 13.7. The number of hydrogen-bond acceptors (Lipinski definition) is 2. The first-order chi connectivity index (χ1) is 12.1. The molecule has 4 rings (SSSR count). The molecule has 0 aliphatic rings. The Kier molecular flexibility index (Phi) is 3.82. The second kappa shape index (κ2) is 6.15. The first kappa shape index (κ1) is 15.5. The predicted octanol–water partition coefficient (Wildman–Crippen LogP) is 5.18. The van der Waals surface area contributed by atoms with Gasteiger partial charge in [-0.25, -0.2) is 9.37 Å². The van der Waals surface area contributed by atoms with Crippen LogP contribution in [0.25, 0.3) is 22.4 Å². The third kappa shape index (κ3) is 2.81. The Hall–Kier alpha value is -2.98. The molecule has 25 heavy (non-hydrogen) atoms. The lowest BCUT2D eigenvalue weighted by atomic mass is 10.1. The number of imidazole rings is 1. The SMILES string of the molecule is O=C(c1ccc(Cl)cc1)n1c(-c2ccc(F)cc2)nc2ccccc21. The lowest BCUT2D eigenvalue weighted by Gasteiger charge is -2.08.